The van der Waals surface area contributed by atoms with E-state index in [4.69, 9.17) is 10.5 Å². The molecule has 2 saturated heterocycles. The number of anilines is 3. The van der Waals surface area contributed by atoms with E-state index in [0.29, 0.717) is 35.3 Å². The van der Waals surface area contributed by atoms with Crippen molar-refractivity contribution in [3.63, 3.8) is 0 Å². The summed E-state index contributed by atoms with van der Waals surface area (Å²) in [6.45, 7) is 9.71. The minimum absolute atomic E-state index is 0.185. The number of fused-ring (bicyclic) bond motifs is 2. The van der Waals surface area contributed by atoms with Gasteiger partial charge in [0, 0.05) is 48.7 Å². The number of para-hydroxylation sites is 1. The summed E-state index contributed by atoms with van der Waals surface area (Å²) in [5.74, 6) is 1.33. The lowest BCUT2D eigenvalue weighted by Crippen LogP contribution is -2.54. The molecular weight excluding hydrogens is 464 g/mol. The number of ether oxygens (including phenoxy) is 1. The first kappa shape index (κ1) is 26.5. The molecule has 6 rings (SSSR count). The predicted octanol–water partition coefficient (Wildman–Crippen LogP) is 5.67. The molecule has 0 amide bonds. The van der Waals surface area contributed by atoms with Gasteiger partial charge in [0.15, 0.2) is 5.82 Å². The molecule has 3 aromatic rings. The quantitative estimate of drug-likeness (QED) is 0.459. The molecule has 198 valence electrons. The van der Waals surface area contributed by atoms with Crippen LogP contribution in [0.1, 0.15) is 59.8 Å². The van der Waals surface area contributed by atoms with Gasteiger partial charge >= 0.3 is 0 Å². The Morgan fingerprint density at radius 2 is 1.62 bits per heavy atom. The molecule has 2 aromatic heterocycles. The number of nitrogens with two attached hydrogens (primary N) is 1. The van der Waals surface area contributed by atoms with Crippen molar-refractivity contribution in [2.75, 3.05) is 28.6 Å². The van der Waals surface area contributed by atoms with Gasteiger partial charge in [0.25, 0.3) is 0 Å². The molecule has 1 saturated carbocycles. The van der Waals surface area contributed by atoms with Crippen molar-refractivity contribution in [3.8, 4) is 22.9 Å². The summed E-state index contributed by atoms with van der Waals surface area (Å²) in [5.41, 5.74) is 9.60. The van der Waals surface area contributed by atoms with Crippen molar-refractivity contribution < 1.29 is 9.84 Å². The van der Waals surface area contributed by atoms with Crippen LogP contribution in [0.4, 0.5) is 17.2 Å². The molecule has 4 heterocycles. The Kier molecular flexibility index (Phi) is 8.69. The highest BCUT2D eigenvalue weighted by Gasteiger charge is 2.41. The minimum atomic E-state index is 0.185. The van der Waals surface area contributed by atoms with E-state index < -0.39 is 0 Å². The van der Waals surface area contributed by atoms with Crippen molar-refractivity contribution in [2.45, 2.75) is 78.0 Å². The maximum atomic E-state index is 10.3. The second-order valence-electron chi connectivity index (χ2n) is 9.24. The van der Waals surface area contributed by atoms with Gasteiger partial charge in [0.2, 0.25) is 5.88 Å². The number of nitrogens with zero attached hydrogens (tertiary/aromatic N) is 5. The van der Waals surface area contributed by atoms with Crippen LogP contribution in [-0.4, -0.2) is 51.6 Å². The van der Waals surface area contributed by atoms with Gasteiger partial charge < -0.3 is 25.4 Å². The van der Waals surface area contributed by atoms with Crippen molar-refractivity contribution in [3.05, 3.63) is 48.7 Å². The second kappa shape index (κ2) is 12.1. The number of hydrogen-bond acceptors (Lipinski definition) is 8. The van der Waals surface area contributed by atoms with Crippen LogP contribution in [0.2, 0.25) is 0 Å². The highest BCUT2D eigenvalue weighted by atomic mass is 16.5. The van der Waals surface area contributed by atoms with Gasteiger partial charge in [0.05, 0.1) is 11.4 Å². The van der Waals surface area contributed by atoms with Gasteiger partial charge in [0.1, 0.15) is 11.9 Å². The molecule has 8 nitrogen and oxygen atoms in total. The molecular formula is C29H40N6O2. The van der Waals surface area contributed by atoms with Crippen molar-refractivity contribution in [1.29, 1.82) is 0 Å². The van der Waals surface area contributed by atoms with E-state index in [1.807, 2.05) is 52.1 Å². The molecule has 2 unspecified atom stereocenters. The fraction of sp³-hybridized carbons (Fsp3) is 0.483. The third-order valence-electron chi connectivity index (χ3n) is 7.16. The molecule has 8 heteroatoms. The standard InChI is InChI=1S/C25H28N6O2.2C2H6/c26-25-22(13-21(28-29-25)20-6-1-2-7-23(20)32)30-14-17-8-9-18(15-30)31(17)16-10-11-27-24(12-16)33-19-4-3-5-19;2*1-2/h1-2,6-7,10-13,17-19,32H,3-5,8-9,14-15H2,(H2,26,29);2*1-2H3. The molecule has 1 aromatic carbocycles. The molecule has 2 bridgehead atoms. The van der Waals surface area contributed by atoms with E-state index in [-0.39, 0.29) is 5.75 Å². The van der Waals surface area contributed by atoms with Crippen LogP contribution in [0.5, 0.6) is 11.6 Å². The third-order valence-corrected chi connectivity index (χ3v) is 7.16. The zero-order valence-corrected chi connectivity index (χ0v) is 22.5. The highest BCUT2D eigenvalue weighted by molar-refractivity contribution is 5.74. The van der Waals surface area contributed by atoms with E-state index in [0.717, 1.165) is 50.3 Å². The molecule has 3 aliphatic rings. The predicted molar refractivity (Wildman–Crippen MR) is 150 cm³/mol. The molecule has 0 spiro atoms. The largest absolute Gasteiger partial charge is 0.507 e. The summed E-state index contributed by atoms with van der Waals surface area (Å²) < 4.78 is 6.04. The lowest BCUT2D eigenvalue weighted by atomic mass is 9.96. The maximum Gasteiger partial charge on any atom is 0.215 e. The second-order valence-corrected chi connectivity index (χ2v) is 9.24. The zero-order valence-electron chi connectivity index (χ0n) is 22.5. The average Bonchev–Trinajstić information content (AvgIpc) is 3.19. The third kappa shape index (κ3) is 5.58. The lowest BCUT2D eigenvalue weighted by Gasteiger charge is -2.43. The Balaban J connectivity index is 0.000000765. The number of phenols is 1. The first-order chi connectivity index (χ1) is 18.2. The van der Waals surface area contributed by atoms with Crippen LogP contribution < -0.4 is 20.3 Å². The lowest BCUT2D eigenvalue weighted by molar-refractivity contribution is 0.114. The van der Waals surface area contributed by atoms with Crippen LogP contribution in [0, 0.1) is 0 Å². The Labute approximate surface area is 220 Å². The van der Waals surface area contributed by atoms with Crippen LogP contribution in [0.3, 0.4) is 0 Å². The number of hydrogen-bond donors (Lipinski definition) is 2. The number of piperazine rings is 1. The van der Waals surface area contributed by atoms with E-state index in [1.54, 1.807) is 12.1 Å². The van der Waals surface area contributed by atoms with Gasteiger partial charge in [-0.05, 0) is 56.4 Å². The average molecular weight is 505 g/mol. The van der Waals surface area contributed by atoms with Crippen molar-refractivity contribution in [1.82, 2.24) is 15.2 Å². The summed E-state index contributed by atoms with van der Waals surface area (Å²) in [6.07, 6.45) is 7.94. The smallest absolute Gasteiger partial charge is 0.215 e. The number of benzene rings is 1. The summed E-state index contributed by atoms with van der Waals surface area (Å²) >= 11 is 0. The molecule has 0 radical (unpaired) electrons. The van der Waals surface area contributed by atoms with Crippen LogP contribution in [0.15, 0.2) is 48.7 Å². The van der Waals surface area contributed by atoms with E-state index in [9.17, 15) is 5.11 Å². The van der Waals surface area contributed by atoms with E-state index in [1.165, 1.54) is 12.1 Å². The van der Waals surface area contributed by atoms with Crippen LogP contribution in [-0.2, 0) is 0 Å². The fourth-order valence-corrected chi connectivity index (χ4v) is 5.27. The molecule has 3 fully saturated rings. The monoisotopic (exact) mass is 504 g/mol. The van der Waals surface area contributed by atoms with E-state index in [2.05, 4.69) is 37.1 Å². The first-order valence-electron chi connectivity index (χ1n) is 13.7. The number of nitrogen functional groups attached to an aromatic ring is 1. The Hall–Kier alpha value is -3.55. The molecule has 2 atom stereocenters. The Bertz CT molecular complexity index is 1150. The Morgan fingerprint density at radius 1 is 0.919 bits per heavy atom. The summed E-state index contributed by atoms with van der Waals surface area (Å²) in [6, 6.07) is 14.1. The Morgan fingerprint density at radius 3 is 2.27 bits per heavy atom. The molecule has 1 aliphatic carbocycles. The van der Waals surface area contributed by atoms with Crippen LogP contribution in [0.25, 0.3) is 11.3 Å². The fourth-order valence-electron chi connectivity index (χ4n) is 5.27. The van der Waals surface area contributed by atoms with Gasteiger partial charge in [-0.3, -0.25) is 0 Å². The maximum absolute atomic E-state index is 10.3. The highest BCUT2D eigenvalue weighted by Crippen LogP contribution is 2.39. The normalized spacial score (nSPS) is 20.2. The summed E-state index contributed by atoms with van der Waals surface area (Å²) in [5, 5.41) is 18.7. The van der Waals surface area contributed by atoms with Gasteiger partial charge in [-0.25, -0.2) is 4.98 Å². The summed E-state index contributed by atoms with van der Waals surface area (Å²) in [4.78, 5) is 9.28. The van der Waals surface area contributed by atoms with Gasteiger partial charge in [-0.15, -0.1) is 10.2 Å². The number of pyridine rings is 1. The SMILES string of the molecule is CC.CC.Nc1nnc(-c2ccccc2O)cc1N1CC2CCC(C1)N2c1ccnc(OC2CCC2)c1. The van der Waals surface area contributed by atoms with Gasteiger partial charge in [-0.2, -0.15) is 0 Å². The number of aromatic nitrogens is 3. The van der Waals surface area contributed by atoms with Crippen LogP contribution >= 0.6 is 0 Å². The first-order valence-corrected chi connectivity index (χ1v) is 13.7. The summed E-state index contributed by atoms with van der Waals surface area (Å²) in [7, 11) is 0. The van der Waals surface area contributed by atoms with Gasteiger partial charge in [-0.1, -0.05) is 39.8 Å². The number of phenolic OH excluding ortho intramolecular Hbond substituents is 1. The number of rotatable bonds is 5. The van der Waals surface area contributed by atoms with Crippen molar-refractivity contribution in [2.24, 2.45) is 0 Å². The minimum Gasteiger partial charge on any atom is -0.507 e. The van der Waals surface area contributed by atoms with E-state index >= 15 is 0 Å². The molecule has 37 heavy (non-hydrogen) atoms. The zero-order chi connectivity index (χ0) is 26.4. The topological polar surface area (TPSA) is 101 Å². The number of aromatic hydroxyl groups is 1. The molecule has 2 aliphatic heterocycles. The molecule has 3 N–H and O–H groups in total. The van der Waals surface area contributed by atoms with Crippen molar-refractivity contribution >= 4 is 17.2 Å².